The Balaban J connectivity index is 2.09. The van der Waals surface area contributed by atoms with Gasteiger partial charge in [0.15, 0.2) is 0 Å². The summed E-state index contributed by atoms with van der Waals surface area (Å²) in [7, 11) is 0. The highest BCUT2D eigenvalue weighted by atomic mass is 32.1. The number of hydrogen-bond donors (Lipinski definition) is 1. The molecule has 1 aliphatic carbocycles. The van der Waals surface area contributed by atoms with Crippen LogP contribution < -0.4 is 10.6 Å². The molecule has 0 unspecified atom stereocenters. The molecule has 4 nitrogen and oxygen atoms in total. The molecule has 1 saturated carbocycles. The Bertz CT molecular complexity index is 653. The van der Waals surface area contributed by atoms with E-state index in [0.717, 1.165) is 17.7 Å². The first kappa shape index (κ1) is 14.1. The summed E-state index contributed by atoms with van der Waals surface area (Å²) in [5.74, 6) is -1.16. The number of carbonyl (C=O) groups is 2. The van der Waals surface area contributed by atoms with Gasteiger partial charge in [-0.25, -0.2) is 9.29 Å². The zero-order chi connectivity index (χ0) is 15.2. The van der Waals surface area contributed by atoms with Crippen LogP contribution in [0.15, 0.2) is 18.2 Å². The van der Waals surface area contributed by atoms with Crippen LogP contribution in [-0.4, -0.2) is 16.8 Å². The lowest BCUT2D eigenvalue weighted by Crippen LogP contribution is -2.36. The average molecular weight is 306 g/mol. The molecule has 2 N–H and O–H groups in total. The third-order valence-electron chi connectivity index (χ3n) is 4.44. The van der Waals surface area contributed by atoms with Gasteiger partial charge in [0.05, 0.1) is 16.7 Å². The van der Waals surface area contributed by atoms with E-state index in [4.69, 9.17) is 18.0 Å². The van der Waals surface area contributed by atoms with Crippen molar-refractivity contribution in [1.82, 2.24) is 0 Å². The van der Waals surface area contributed by atoms with Gasteiger partial charge in [0.2, 0.25) is 11.8 Å². The van der Waals surface area contributed by atoms with Gasteiger partial charge in [-0.1, -0.05) is 31.1 Å². The van der Waals surface area contributed by atoms with Crippen molar-refractivity contribution in [2.24, 2.45) is 11.1 Å². The maximum absolute atomic E-state index is 14.0. The molecular weight excluding hydrogens is 291 g/mol. The standard InChI is InChI=1S/C15H15FN2O2S/c16-9-4-3-5-10(12(9)13(17)21)18-11(19)8-15(14(18)20)6-1-2-7-15/h3-5H,1-2,6-8H2,(H2,17,21). The molecule has 2 fully saturated rings. The largest absolute Gasteiger partial charge is 0.389 e. The van der Waals surface area contributed by atoms with E-state index in [9.17, 15) is 14.0 Å². The number of nitrogens with zero attached hydrogens (tertiary/aromatic N) is 1. The molecular formula is C15H15FN2O2S. The molecule has 1 heterocycles. The Morgan fingerprint density at radius 2 is 1.95 bits per heavy atom. The zero-order valence-electron chi connectivity index (χ0n) is 11.4. The molecule has 0 aromatic heterocycles. The van der Waals surface area contributed by atoms with Crippen LogP contribution in [0, 0.1) is 11.2 Å². The van der Waals surface area contributed by atoms with Gasteiger partial charge >= 0.3 is 0 Å². The van der Waals surface area contributed by atoms with Gasteiger partial charge in [-0.3, -0.25) is 9.59 Å². The van der Waals surface area contributed by atoms with Gasteiger partial charge in [0.1, 0.15) is 10.8 Å². The fourth-order valence-corrected chi connectivity index (χ4v) is 3.63. The van der Waals surface area contributed by atoms with Gasteiger partial charge in [-0.2, -0.15) is 0 Å². The predicted molar refractivity (Wildman–Crippen MR) is 80.3 cm³/mol. The summed E-state index contributed by atoms with van der Waals surface area (Å²) in [5, 5.41) is 0. The highest BCUT2D eigenvalue weighted by Crippen LogP contribution is 2.48. The summed E-state index contributed by atoms with van der Waals surface area (Å²) in [6.45, 7) is 0. The van der Waals surface area contributed by atoms with Crippen molar-refractivity contribution in [3.63, 3.8) is 0 Å². The predicted octanol–water partition coefficient (Wildman–Crippen LogP) is 2.28. The topological polar surface area (TPSA) is 63.4 Å². The van der Waals surface area contributed by atoms with Crippen molar-refractivity contribution in [1.29, 1.82) is 0 Å². The first-order valence-corrected chi connectivity index (χ1v) is 7.33. The Morgan fingerprint density at radius 3 is 2.57 bits per heavy atom. The number of benzene rings is 1. The number of rotatable bonds is 2. The molecule has 2 aliphatic rings. The Labute approximate surface area is 127 Å². The smallest absolute Gasteiger partial charge is 0.240 e. The second kappa shape index (κ2) is 4.87. The van der Waals surface area contributed by atoms with Gasteiger partial charge < -0.3 is 5.73 Å². The van der Waals surface area contributed by atoms with Gasteiger partial charge in [-0.05, 0) is 25.0 Å². The summed E-state index contributed by atoms with van der Waals surface area (Å²) >= 11 is 4.86. The van der Waals surface area contributed by atoms with E-state index in [-0.39, 0.29) is 34.5 Å². The molecule has 1 spiro atoms. The van der Waals surface area contributed by atoms with E-state index in [0.29, 0.717) is 12.8 Å². The molecule has 1 saturated heterocycles. The minimum absolute atomic E-state index is 0.0377. The molecule has 1 aliphatic heterocycles. The number of amides is 2. The van der Waals surface area contributed by atoms with Crippen molar-refractivity contribution in [3.05, 3.63) is 29.6 Å². The number of nitrogens with two attached hydrogens (primary N) is 1. The van der Waals surface area contributed by atoms with E-state index in [1.54, 1.807) is 0 Å². The first-order valence-electron chi connectivity index (χ1n) is 6.92. The highest BCUT2D eigenvalue weighted by Gasteiger charge is 2.53. The van der Waals surface area contributed by atoms with E-state index in [2.05, 4.69) is 0 Å². The SMILES string of the molecule is NC(=S)c1c(F)cccc1N1C(=O)CC2(CCCC2)C1=O. The number of anilines is 1. The second-order valence-electron chi connectivity index (χ2n) is 5.70. The van der Waals surface area contributed by atoms with Crippen molar-refractivity contribution in [2.45, 2.75) is 32.1 Å². The third-order valence-corrected chi connectivity index (χ3v) is 4.64. The van der Waals surface area contributed by atoms with Crippen LogP contribution in [-0.2, 0) is 9.59 Å². The highest BCUT2D eigenvalue weighted by molar-refractivity contribution is 7.80. The summed E-state index contributed by atoms with van der Waals surface area (Å²) in [6.07, 6.45) is 3.51. The number of thiocarbonyl (C=S) groups is 1. The van der Waals surface area contributed by atoms with E-state index in [1.807, 2.05) is 0 Å². The van der Waals surface area contributed by atoms with Crippen molar-refractivity contribution < 1.29 is 14.0 Å². The summed E-state index contributed by atoms with van der Waals surface area (Å²) < 4.78 is 14.0. The Hall–Kier alpha value is -1.82. The molecule has 0 atom stereocenters. The molecule has 21 heavy (non-hydrogen) atoms. The Kier molecular flexibility index (Phi) is 3.28. The lowest BCUT2D eigenvalue weighted by molar-refractivity contribution is -0.125. The summed E-state index contributed by atoms with van der Waals surface area (Å²) in [6, 6.07) is 4.18. The quantitative estimate of drug-likeness (QED) is 0.672. The molecule has 3 rings (SSSR count). The Morgan fingerprint density at radius 1 is 1.29 bits per heavy atom. The van der Waals surface area contributed by atoms with Gasteiger partial charge in [0.25, 0.3) is 0 Å². The van der Waals surface area contributed by atoms with Crippen molar-refractivity contribution >= 4 is 34.7 Å². The molecule has 6 heteroatoms. The molecule has 110 valence electrons. The molecule has 0 radical (unpaired) electrons. The van der Waals surface area contributed by atoms with E-state index >= 15 is 0 Å². The summed E-state index contributed by atoms with van der Waals surface area (Å²) in [4.78, 5) is 26.0. The van der Waals surface area contributed by atoms with E-state index < -0.39 is 11.2 Å². The molecule has 0 bridgehead atoms. The van der Waals surface area contributed by atoms with Crippen LogP contribution in [0.1, 0.15) is 37.7 Å². The number of imide groups is 1. The van der Waals surface area contributed by atoms with Crippen molar-refractivity contribution in [3.8, 4) is 0 Å². The molecule has 2 amide bonds. The van der Waals surface area contributed by atoms with Crippen LogP contribution in [0.4, 0.5) is 10.1 Å². The minimum atomic E-state index is -0.618. The lowest BCUT2D eigenvalue weighted by atomic mass is 9.84. The zero-order valence-corrected chi connectivity index (χ0v) is 12.2. The third kappa shape index (κ3) is 2.05. The number of halogens is 1. The lowest BCUT2D eigenvalue weighted by Gasteiger charge is -2.22. The van der Waals surface area contributed by atoms with Crippen LogP contribution in [0.3, 0.4) is 0 Å². The monoisotopic (exact) mass is 306 g/mol. The van der Waals surface area contributed by atoms with Crippen LogP contribution in [0.25, 0.3) is 0 Å². The number of hydrogen-bond acceptors (Lipinski definition) is 3. The van der Waals surface area contributed by atoms with Crippen LogP contribution in [0.2, 0.25) is 0 Å². The van der Waals surface area contributed by atoms with Crippen LogP contribution in [0.5, 0.6) is 0 Å². The fourth-order valence-electron chi connectivity index (χ4n) is 3.42. The van der Waals surface area contributed by atoms with Gasteiger partial charge in [-0.15, -0.1) is 0 Å². The average Bonchev–Trinajstić information content (AvgIpc) is 2.96. The maximum atomic E-state index is 14.0. The normalized spacial score (nSPS) is 20.5. The van der Waals surface area contributed by atoms with Crippen molar-refractivity contribution in [2.75, 3.05) is 4.90 Å². The van der Waals surface area contributed by atoms with Crippen LogP contribution >= 0.6 is 12.2 Å². The maximum Gasteiger partial charge on any atom is 0.240 e. The first-order chi connectivity index (χ1) is 9.96. The van der Waals surface area contributed by atoms with Gasteiger partial charge in [0, 0.05) is 6.42 Å². The summed E-state index contributed by atoms with van der Waals surface area (Å²) in [5.41, 5.74) is 5.09. The van der Waals surface area contributed by atoms with E-state index in [1.165, 1.54) is 18.2 Å². The fraction of sp³-hybridized carbons (Fsp3) is 0.400. The number of carbonyl (C=O) groups excluding carboxylic acids is 2. The molecule has 1 aromatic carbocycles. The minimum Gasteiger partial charge on any atom is -0.389 e. The molecule has 1 aromatic rings. The second-order valence-corrected chi connectivity index (χ2v) is 6.14.